The van der Waals surface area contributed by atoms with E-state index in [9.17, 15) is 5.11 Å². The summed E-state index contributed by atoms with van der Waals surface area (Å²) in [5.41, 5.74) is 3.22. The second kappa shape index (κ2) is 5.99. The molecule has 0 radical (unpaired) electrons. The number of rotatable bonds is 2. The standard InChI is InChI=1S/C17H23BrO3/c1-11-7-14(8-12(2)15(11)18)16(19)13-3-5-21-17(9-13)4-6-20-10-17/h7-8,13,16,19H,3-6,9-10H2,1-2H3. The Kier molecular flexibility index (Phi) is 4.42. The summed E-state index contributed by atoms with van der Waals surface area (Å²) in [6, 6.07) is 4.18. The Morgan fingerprint density at radius 2 is 2.00 bits per heavy atom. The number of aliphatic hydroxyl groups is 1. The lowest BCUT2D eigenvalue weighted by Crippen LogP contribution is -2.41. The van der Waals surface area contributed by atoms with Gasteiger partial charge in [-0.1, -0.05) is 28.1 Å². The number of hydrogen-bond donors (Lipinski definition) is 1. The lowest BCUT2D eigenvalue weighted by molar-refractivity contribution is -0.117. The first-order chi connectivity index (χ1) is 10.0. The minimum Gasteiger partial charge on any atom is -0.388 e. The van der Waals surface area contributed by atoms with Gasteiger partial charge in [-0.3, -0.25) is 0 Å². The van der Waals surface area contributed by atoms with E-state index in [2.05, 4.69) is 41.9 Å². The first kappa shape index (κ1) is 15.5. The fourth-order valence-corrected chi connectivity index (χ4v) is 3.85. The van der Waals surface area contributed by atoms with Crippen LogP contribution in [0.25, 0.3) is 0 Å². The Bertz CT molecular complexity index is 500. The number of aliphatic hydroxyl groups excluding tert-OH is 1. The van der Waals surface area contributed by atoms with Crippen molar-refractivity contribution in [1.29, 1.82) is 0 Å². The van der Waals surface area contributed by atoms with Crippen LogP contribution in [0.3, 0.4) is 0 Å². The van der Waals surface area contributed by atoms with E-state index < -0.39 is 6.10 Å². The first-order valence-corrected chi connectivity index (χ1v) is 8.46. The molecular formula is C17H23BrO3. The lowest BCUT2D eigenvalue weighted by atomic mass is 9.80. The number of ether oxygens (including phenoxy) is 2. The van der Waals surface area contributed by atoms with Crippen molar-refractivity contribution in [1.82, 2.24) is 0 Å². The maximum absolute atomic E-state index is 10.8. The molecule has 1 N–H and O–H groups in total. The van der Waals surface area contributed by atoms with E-state index in [-0.39, 0.29) is 11.5 Å². The number of hydrogen-bond acceptors (Lipinski definition) is 3. The maximum Gasteiger partial charge on any atom is 0.0940 e. The molecule has 2 saturated heterocycles. The van der Waals surface area contributed by atoms with Crippen molar-refractivity contribution in [3.8, 4) is 0 Å². The van der Waals surface area contributed by atoms with Crippen LogP contribution >= 0.6 is 15.9 Å². The van der Waals surface area contributed by atoms with Gasteiger partial charge in [0, 0.05) is 24.1 Å². The van der Waals surface area contributed by atoms with Crippen LogP contribution in [0.5, 0.6) is 0 Å². The molecule has 4 heteroatoms. The Hall–Kier alpha value is -0.420. The van der Waals surface area contributed by atoms with Crippen LogP contribution in [-0.4, -0.2) is 30.5 Å². The van der Waals surface area contributed by atoms with Crippen molar-refractivity contribution in [3.05, 3.63) is 33.3 Å². The van der Waals surface area contributed by atoms with E-state index in [1.165, 1.54) is 11.1 Å². The summed E-state index contributed by atoms with van der Waals surface area (Å²) in [7, 11) is 0. The molecule has 3 rings (SSSR count). The molecule has 0 aliphatic carbocycles. The molecule has 0 saturated carbocycles. The molecule has 3 unspecified atom stereocenters. The molecule has 1 aromatic rings. The van der Waals surface area contributed by atoms with Gasteiger partial charge in [-0.15, -0.1) is 0 Å². The Balaban J connectivity index is 1.79. The Morgan fingerprint density at radius 3 is 2.62 bits per heavy atom. The van der Waals surface area contributed by atoms with Gasteiger partial charge in [0.15, 0.2) is 0 Å². The fourth-order valence-electron chi connectivity index (χ4n) is 3.62. The molecular weight excluding hydrogens is 332 g/mol. The summed E-state index contributed by atoms with van der Waals surface area (Å²) in [4.78, 5) is 0. The monoisotopic (exact) mass is 354 g/mol. The zero-order valence-corrected chi connectivity index (χ0v) is 14.3. The highest BCUT2D eigenvalue weighted by Gasteiger charge is 2.43. The number of halogens is 1. The summed E-state index contributed by atoms with van der Waals surface area (Å²) in [6.07, 6.45) is 2.34. The predicted octanol–water partition coefficient (Wildman–Crippen LogP) is 3.69. The Labute approximate surface area is 134 Å². The van der Waals surface area contributed by atoms with E-state index in [1.54, 1.807) is 0 Å². The third kappa shape index (κ3) is 3.04. The second-order valence-corrected chi connectivity index (χ2v) is 7.29. The minimum atomic E-state index is -0.420. The topological polar surface area (TPSA) is 38.7 Å². The molecule has 1 aromatic carbocycles. The van der Waals surface area contributed by atoms with Gasteiger partial charge in [-0.05, 0) is 49.3 Å². The maximum atomic E-state index is 10.8. The molecule has 21 heavy (non-hydrogen) atoms. The van der Waals surface area contributed by atoms with Crippen LogP contribution in [0.2, 0.25) is 0 Å². The molecule has 0 amide bonds. The van der Waals surface area contributed by atoms with Crippen LogP contribution in [0, 0.1) is 19.8 Å². The highest BCUT2D eigenvalue weighted by Crippen LogP contribution is 2.41. The van der Waals surface area contributed by atoms with Gasteiger partial charge in [0.25, 0.3) is 0 Å². The van der Waals surface area contributed by atoms with Crippen molar-refractivity contribution in [2.45, 2.75) is 44.8 Å². The van der Waals surface area contributed by atoms with Gasteiger partial charge in [-0.2, -0.15) is 0 Å². The van der Waals surface area contributed by atoms with Gasteiger partial charge < -0.3 is 14.6 Å². The Morgan fingerprint density at radius 1 is 1.29 bits per heavy atom. The van der Waals surface area contributed by atoms with E-state index >= 15 is 0 Å². The largest absolute Gasteiger partial charge is 0.388 e. The molecule has 3 nitrogen and oxygen atoms in total. The SMILES string of the molecule is Cc1cc(C(O)C2CCOC3(CCOC3)C2)cc(C)c1Br. The van der Waals surface area contributed by atoms with Crippen LogP contribution < -0.4 is 0 Å². The molecule has 2 heterocycles. The third-order valence-corrected chi connectivity index (χ3v) is 6.10. The predicted molar refractivity (Wildman–Crippen MR) is 85.4 cm³/mol. The molecule has 2 fully saturated rings. The van der Waals surface area contributed by atoms with E-state index in [0.717, 1.165) is 42.5 Å². The smallest absolute Gasteiger partial charge is 0.0940 e. The zero-order chi connectivity index (χ0) is 15.0. The molecule has 1 spiro atoms. The summed E-state index contributed by atoms with van der Waals surface area (Å²) in [5.74, 6) is 0.250. The van der Waals surface area contributed by atoms with Crippen LogP contribution in [0.1, 0.15) is 42.1 Å². The highest BCUT2D eigenvalue weighted by atomic mass is 79.9. The molecule has 116 valence electrons. The molecule has 2 aliphatic heterocycles. The molecule has 2 aliphatic rings. The zero-order valence-electron chi connectivity index (χ0n) is 12.7. The summed E-state index contributed by atoms with van der Waals surface area (Å²) < 4.78 is 12.6. The average Bonchev–Trinajstić information content (AvgIpc) is 2.91. The first-order valence-electron chi connectivity index (χ1n) is 7.67. The van der Waals surface area contributed by atoms with Gasteiger partial charge in [-0.25, -0.2) is 0 Å². The van der Waals surface area contributed by atoms with Gasteiger partial charge >= 0.3 is 0 Å². The summed E-state index contributed by atoms with van der Waals surface area (Å²) >= 11 is 3.59. The van der Waals surface area contributed by atoms with Crippen LogP contribution in [0.4, 0.5) is 0 Å². The molecule has 0 bridgehead atoms. The third-order valence-electron chi connectivity index (χ3n) is 4.85. The number of benzene rings is 1. The van der Waals surface area contributed by atoms with Crippen LogP contribution in [0.15, 0.2) is 16.6 Å². The lowest BCUT2D eigenvalue weighted by Gasteiger charge is -2.39. The highest BCUT2D eigenvalue weighted by molar-refractivity contribution is 9.10. The fraction of sp³-hybridized carbons (Fsp3) is 0.647. The van der Waals surface area contributed by atoms with Crippen molar-refractivity contribution >= 4 is 15.9 Å². The van der Waals surface area contributed by atoms with E-state index in [4.69, 9.17) is 9.47 Å². The normalized spacial score (nSPS) is 30.8. The van der Waals surface area contributed by atoms with Gasteiger partial charge in [0.05, 0.1) is 18.3 Å². The summed E-state index contributed by atoms with van der Waals surface area (Å²) in [5, 5.41) is 10.8. The van der Waals surface area contributed by atoms with E-state index in [0.29, 0.717) is 6.61 Å². The second-order valence-electron chi connectivity index (χ2n) is 6.50. The van der Waals surface area contributed by atoms with Crippen molar-refractivity contribution < 1.29 is 14.6 Å². The number of aryl methyl sites for hydroxylation is 2. The summed E-state index contributed by atoms with van der Waals surface area (Å²) in [6.45, 7) is 6.32. The van der Waals surface area contributed by atoms with Crippen LogP contribution in [-0.2, 0) is 9.47 Å². The van der Waals surface area contributed by atoms with Crippen molar-refractivity contribution in [2.75, 3.05) is 19.8 Å². The van der Waals surface area contributed by atoms with Gasteiger partial charge in [0.2, 0.25) is 0 Å². The minimum absolute atomic E-state index is 0.149. The molecule has 3 atom stereocenters. The van der Waals surface area contributed by atoms with Gasteiger partial charge in [0.1, 0.15) is 0 Å². The average molecular weight is 355 g/mol. The van der Waals surface area contributed by atoms with Crippen molar-refractivity contribution in [3.63, 3.8) is 0 Å². The van der Waals surface area contributed by atoms with E-state index in [1.807, 2.05) is 0 Å². The van der Waals surface area contributed by atoms with Crippen molar-refractivity contribution in [2.24, 2.45) is 5.92 Å². The quantitative estimate of drug-likeness (QED) is 0.880. The molecule has 0 aromatic heterocycles.